The maximum atomic E-state index is 8.89. The first kappa shape index (κ1) is 10.8. The molecule has 0 amide bonds. The van der Waals surface area contributed by atoms with Crippen LogP contribution in [0.3, 0.4) is 0 Å². The van der Waals surface area contributed by atoms with Gasteiger partial charge in [-0.15, -0.1) is 0 Å². The first-order valence-electron chi connectivity index (χ1n) is 5.61. The van der Waals surface area contributed by atoms with Crippen LogP contribution in [-0.2, 0) is 0 Å². The van der Waals surface area contributed by atoms with Gasteiger partial charge in [-0.2, -0.15) is 0 Å². The Morgan fingerprint density at radius 3 is 2.78 bits per heavy atom. The van der Waals surface area contributed by atoms with E-state index in [1.807, 2.05) is 24.3 Å². The number of hydrogen-bond acceptors (Lipinski definition) is 4. The van der Waals surface area contributed by atoms with E-state index in [4.69, 9.17) is 9.62 Å². The first-order chi connectivity index (χ1) is 8.80. The fourth-order valence-corrected chi connectivity index (χ4v) is 1.97. The summed E-state index contributed by atoms with van der Waals surface area (Å²) >= 11 is 0. The first-order valence-corrected chi connectivity index (χ1v) is 5.61. The molecule has 0 saturated heterocycles. The van der Waals surface area contributed by atoms with Crippen LogP contribution in [0, 0.1) is 0 Å². The van der Waals surface area contributed by atoms with Gasteiger partial charge in [-0.1, -0.05) is 0 Å². The lowest BCUT2D eigenvalue weighted by Crippen LogP contribution is -2.00. The van der Waals surface area contributed by atoms with E-state index in [1.165, 1.54) is 0 Å². The van der Waals surface area contributed by atoms with Crippen LogP contribution >= 0.6 is 0 Å². The molecule has 0 unspecified atom stereocenters. The van der Waals surface area contributed by atoms with Gasteiger partial charge in [-0.25, -0.2) is 0 Å². The summed E-state index contributed by atoms with van der Waals surface area (Å²) in [4.78, 5) is 4.12. The van der Waals surface area contributed by atoms with Gasteiger partial charge in [0, 0.05) is 30.1 Å². The van der Waals surface area contributed by atoms with Crippen molar-refractivity contribution in [1.82, 2.24) is 0 Å². The van der Waals surface area contributed by atoms with Gasteiger partial charge in [-0.3, -0.25) is 15.7 Å². The highest BCUT2D eigenvalue weighted by Gasteiger charge is 2.07. The van der Waals surface area contributed by atoms with Gasteiger partial charge in [-0.05, 0) is 30.3 Å². The van der Waals surface area contributed by atoms with Crippen molar-refractivity contribution in [2.24, 2.45) is 4.99 Å². The van der Waals surface area contributed by atoms with Crippen molar-refractivity contribution in [3.8, 4) is 11.3 Å². The van der Waals surface area contributed by atoms with E-state index in [9.17, 15) is 0 Å². The second-order valence-corrected chi connectivity index (χ2v) is 4.06. The summed E-state index contributed by atoms with van der Waals surface area (Å²) in [6, 6.07) is 13.3. The molecule has 1 aromatic rings. The number of hydrogen-bond donors (Lipinski definition) is 2. The lowest BCUT2D eigenvalue weighted by Gasteiger charge is -2.07. The van der Waals surface area contributed by atoms with Gasteiger partial charge in [0.15, 0.2) is 0 Å². The number of rotatable bonds is 1. The molecule has 90 valence electrons. The zero-order valence-corrected chi connectivity index (χ0v) is 9.84. The standard InChI is InChI=1S/C14H12N2O2/c1-15-11-4-2-9-6-10-3-5-12(16-17)8-14(10)18-13(9)7-11/h2-8,16-17H,1H3. The third-order valence-electron chi connectivity index (χ3n) is 2.93. The predicted molar refractivity (Wildman–Crippen MR) is 69.7 cm³/mol. The summed E-state index contributed by atoms with van der Waals surface area (Å²) < 4.78 is 5.82. The van der Waals surface area contributed by atoms with E-state index in [2.05, 4.69) is 16.5 Å². The third-order valence-corrected chi connectivity index (χ3v) is 2.93. The average molecular weight is 240 g/mol. The normalized spacial score (nSPS) is 12.2. The molecule has 1 aliphatic carbocycles. The van der Waals surface area contributed by atoms with Crippen molar-refractivity contribution in [2.75, 3.05) is 12.5 Å². The number of fused-ring (bicyclic) bond motifs is 2. The quantitative estimate of drug-likeness (QED) is 0.508. The minimum Gasteiger partial charge on any atom is -0.456 e. The molecule has 0 fully saturated rings. The molecular weight excluding hydrogens is 228 g/mol. The fourth-order valence-electron chi connectivity index (χ4n) is 1.97. The molecule has 0 saturated carbocycles. The molecule has 18 heavy (non-hydrogen) atoms. The third kappa shape index (κ3) is 1.72. The van der Waals surface area contributed by atoms with Gasteiger partial charge in [0.2, 0.25) is 0 Å². The van der Waals surface area contributed by atoms with Crippen molar-refractivity contribution in [3.05, 3.63) is 47.8 Å². The second kappa shape index (κ2) is 4.16. The van der Waals surface area contributed by atoms with Crippen LogP contribution in [0.15, 0.2) is 51.9 Å². The Morgan fingerprint density at radius 2 is 2.00 bits per heavy atom. The Labute approximate surface area is 104 Å². The van der Waals surface area contributed by atoms with Crippen LogP contribution < -0.4 is 10.8 Å². The van der Waals surface area contributed by atoms with Crippen molar-refractivity contribution < 1.29 is 9.62 Å². The second-order valence-electron chi connectivity index (χ2n) is 4.06. The lowest BCUT2D eigenvalue weighted by molar-refractivity contribution is 0.389. The maximum absolute atomic E-state index is 8.89. The average Bonchev–Trinajstić information content (AvgIpc) is 2.43. The van der Waals surface area contributed by atoms with Crippen LogP contribution in [0.2, 0.25) is 0 Å². The smallest absolute Gasteiger partial charge is 0.136 e. The molecule has 0 radical (unpaired) electrons. The lowest BCUT2D eigenvalue weighted by atomic mass is 10.1. The van der Waals surface area contributed by atoms with Gasteiger partial charge in [0.25, 0.3) is 0 Å². The maximum Gasteiger partial charge on any atom is 0.136 e. The number of nitrogens with zero attached hydrogens (tertiary/aromatic N) is 1. The van der Waals surface area contributed by atoms with Crippen molar-refractivity contribution in [2.45, 2.75) is 0 Å². The van der Waals surface area contributed by atoms with E-state index in [0.717, 1.165) is 27.7 Å². The summed E-state index contributed by atoms with van der Waals surface area (Å²) in [5.74, 6) is 0.778. The monoisotopic (exact) mass is 240 g/mol. The summed E-state index contributed by atoms with van der Waals surface area (Å²) in [5.41, 5.74) is 4.46. The van der Waals surface area contributed by atoms with E-state index < -0.39 is 0 Å². The highest BCUT2D eigenvalue weighted by Crippen LogP contribution is 2.28. The number of anilines is 1. The molecule has 4 heteroatoms. The minimum atomic E-state index is 0.599. The molecule has 1 aliphatic heterocycles. The summed E-state index contributed by atoms with van der Waals surface area (Å²) in [6.45, 7) is 0. The van der Waals surface area contributed by atoms with Crippen LogP contribution in [0.25, 0.3) is 22.3 Å². The summed E-state index contributed by atoms with van der Waals surface area (Å²) in [5, 5.41) is 10.8. The largest absolute Gasteiger partial charge is 0.456 e. The Bertz CT molecular complexity index is 746. The SMILES string of the molecule is CN=c1ccc2cc3ccc(NO)cc3oc-2c1. The van der Waals surface area contributed by atoms with Crippen LogP contribution in [-0.4, -0.2) is 12.3 Å². The Kier molecular flexibility index (Phi) is 2.50. The molecule has 4 nitrogen and oxygen atoms in total. The highest BCUT2D eigenvalue weighted by molar-refractivity contribution is 5.85. The zero-order valence-electron chi connectivity index (χ0n) is 9.84. The summed E-state index contributed by atoms with van der Waals surface area (Å²) in [6.07, 6.45) is 0. The number of benzene rings is 2. The highest BCUT2D eigenvalue weighted by atomic mass is 16.5. The Morgan fingerprint density at radius 1 is 1.11 bits per heavy atom. The van der Waals surface area contributed by atoms with Crippen LogP contribution in [0.4, 0.5) is 5.69 Å². The predicted octanol–water partition coefficient (Wildman–Crippen LogP) is 2.87. The molecule has 2 N–H and O–H groups in total. The Balaban J connectivity index is 2.34. The van der Waals surface area contributed by atoms with E-state index in [0.29, 0.717) is 5.69 Å². The number of nitrogens with one attached hydrogen (secondary N) is 1. The fraction of sp³-hybridized carbons (Fsp3) is 0.0714. The molecule has 1 aromatic carbocycles. The molecule has 3 rings (SSSR count). The van der Waals surface area contributed by atoms with Crippen molar-refractivity contribution in [1.29, 1.82) is 0 Å². The van der Waals surface area contributed by atoms with Crippen LogP contribution in [0.5, 0.6) is 0 Å². The van der Waals surface area contributed by atoms with Crippen molar-refractivity contribution >= 4 is 16.7 Å². The molecule has 0 aromatic heterocycles. The summed E-state index contributed by atoms with van der Waals surface area (Å²) in [7, 11) is 1.75. The topological polar surface area (TPSA) is 57.8 Å². The van der Waals surface area contributed by atoms with Crippen LogP contribution in [0.1, 0.15) is 0 Å². The molecule has 1 heterocycles. The van der Waals surface area contributed by atoms with E-state index in [1.54, 1.807) is 19.2 Å². The van der Waals surface area contributed by atoms with Gasteiger partial charge < -0.3 is 4.42 Å². The molecule has 0 spiro atoms. The van der Waals surface area contributed by atoms with E-state index in [-0.39, 0.29) is 0 Å². The van der Waals surface area contributed by atoms with E-state index >= 15 is 0 Å². The molecule has 0 bridgehead atoms. The van der Waals surface area contributed by atoms with Gasteiger partial charge >= 0.3 is 0 Å². The molecule has 2 aliphatic rings. The molecular formula is C14H12N2O2. The van der Waals surface area contributed by atoms with Gasteiger partial charge in [0.1, 0.15) is 11.3 Å². The van der Waals surface area contributed by atoms with Crippen molar-refractivity contribution in [3.63, 3.8) is 0 Å². The van der Waals surface area contributed by atoms with Gasteiger partial charge in [0.05, 0.1) is 11.0 Å². The zero-order chi connectivity index (χ0) is 12.5. The molecule has 0 atom stereocenters. The minimum absolute atomic E-state index is 0.599. The Hall–Kier alpha value is -2.33.